The molecule has 0 aromatic heterocycles. The Hall–Kier alpha value is -1.22. The molecule has 2 rings (SSSR count). The molecule has 1 fully saturated rings. The molecule has 1 aliphatic heterocycles. The molecule has 0 spiro atoms. The lowest BCUT2D eigenvalue weighted by atomic mass is 10.2. The van der Waals surface area contributed by atoms with E-state index < -0.39 is 0 Å². The summed E-state index contributed by atoms with van der Waals surface area (Å²) in [6, 6.07) is 8.50. The Balaban J connectivity index is 0.000000606. The van der Waals surface area contributed by atoms with E-state index in [1.807, 2.05) is 20.9 Å². The van der Waals surface area contributed by atoms with Gasteiger partial charge in [0, 0.05) is 31.5 Å². The van der Waals surface area contributed by atoms with Crippen LogP contribution in [0.4, 0.5) is 11.4 Å². The second-order valence-corrected chi connectivity index (χ2v) is 3.40. The lowest BCUT2D eigenvalue weighted by molar-refractivity contribution is 0.122. The number of hydrogen-bond donors (Lipinski definition) is 1. The van der Waals surface area contributed by atoms with E-state index in [-0.39, 0.29) is 0 Å². The summed E-state index contributed by atoms with van der Waals surface area (Å²) >= 11 is 0. The Morgan fingerprint density at radius 1 is 1.06 bits per heavy atom. The van der Waals surface area contributed by atoms with Gasteiger partial charge in [-0.2, -0.15) is 0 Å². The minimum absolute atomic E-state index is 0.841. The molecule has 0 radical (unpaired) electrons. The van der Waals surface area contributed by atoms with Crippen LogP contribution in [0.3, 0.4) is 0 Å². The maximum absolute atomic E-state index is 5.31. The Labute approximate surface area is 98.4 Å². The predicted octanol–water partition coefficient (Wildman–Crippen LogP) is 2.59. The fourth-order valence-corrected chi connectivity index (χ4v) is 1.66. The van der Waals surface area contributed by atoms with Crippen LogP contribution >= 0.6 is 0 Å². The van der Waals surface area contributed by atoms with Gasteiger partial charge in [0.1, 0.15) is 0 Å². The van der Waals surface area contributed by atoms with Gasteiger partial charge in [-0.25, -0.2) is 0 Å². The minimum Gasteiger partial charge on any atom is -0.388 e. The molecule has 90 valence electrons. The molecular formula is C13H22N2O. The van der Waals surface area contributed by atoms with E-state index in [0.29, 0.717) is 0 Å². The van der Waals surface area contributed by atoms with Gasteiger partial charge in [-0.3, -0.25) is 0 Å². The number of ether oxygens (including phenoxy) is 1. The van der Waals surface area contributed by atoms with Crippen LogP contribution in [0.1, 0.15) is 13.8 Å². The summed E-state index contributed by atoms with van der Waals surface area (Å²) in [6.45, 7) is 7.68. The molecule has 1 aliphatic rings. The Morgan fingerprint density at radius 2 is 1.62 bits per heavy atom. The Morgan fingerprint density at radius 3 is 2.12 bits per heavy atom. The van der Waals surface area contributed by atoms with Crippen molar-refractivity contribution in [3.8, 4) is 0 Å². The Kier molecular flexibility index (Phi) is 5.72. The topological polar surface area (TPSA) is 24.5 Å². The third kappa shape index (κ3) is 3.42. The highest BCUT2D eigenvalue weighted by molar-refractivity contribution is 5.54. The van der Waals surface area contributed by atoms with Crippen molar-refractivity contribution in [3.05, 3.63) is 24.3 Å². The molecule has 0 saturated carbocycles. The zero-order valence-electron chi connectivity index (χ0n) is 10.5. The zero-order chi connectivity index (χ0) is 11.8. The average Bonchev–Trinajstić information content (AvgIpc) is 2.42. The van der Waals surface area contributed by atoms with Crippen LogP contribution in [-0.2, 0) is 4.74 Å². The van der Waals surface area contributed by atoms with Gasteiger partial charge in [-0.05, 0) is 24.3 Å². The van der Waals surface area contributed by atoms with E-state index in [9.17, 15) is 0 Å². The van der Waals surface area contributed by atoms with E-state index in [2.05, 4.69) is 34.5 Å². The maximum Gasteiger partial charge on any atom is 0.0642 e. The summed E-state index contributed by atoms with van der Waals surface area (Å²) in [5.74, 6) is 0. The van der Waals surface area contributed by atoms with Crippen LogP contribution in [0.25, 0.3) is 0 Å². The van der Waals surface area contributed by atoms with E-state index in [0.717, 1.165) is 32.0 Å². The molecule has 1 aromatic carbocycles. The lowest BCUT2D eigenvalue weighted by Gasteiger charge is -2.28. The van der Waals surface area contributed by atoms with E-state index >= 15 is 0 Å². The number of morpholine rings is 1. The molecule has 0 amide bonds. The lowest BCUT2D eigenvalue weighted by Crippen LogP contribution is -2.36. The summed E-state index contributed by atoms with van der Waals surface area (Å²) in [4.78, 5) is 2.35. The van der Waals surface area contributed by atoms with Gasteiger partial charge in [0.05, 0.1) is 13.2 Å². The quantitative estimate of drug-likeness (QED) is 0.832. The first kappa shape index (κ1) is 12.8. The van der Waals surface area contributed by atoms with Gasteiger partial charge >= 0.3 is 0 Å². The third-order valence-electron chi connectivity index (χ3n) is 2.53. The number of nitrogens with one attached hydrogen (secondary N) is 1. The smallest absolute Gasteiger partial charge is 0.0642 e. The van der Waals surface area contributed by atoms with E-state index in [1.165, 1.54) is 5.69 Å². The fourth-order valence-electron chi connectivity index (χ4n) is 1.66. The predicted molar refractivity (Wildman–Crippen MR) is 70.4 cm³/mol. The molecule has 1 aromatic rings. The zero-order valence-corrected chi connectivity index (χ0v) is 10.5. The summed E-state index contributed by atoms with van der Waals surface area (Å²) in [6.07, 6.45) is 0. The standard InChI is InChI=1S/C11H16N2O.C2H6/c1-12-10-2-4-11(5-3-10)13-6-8-14-9-7-13;1-2/h2-5,12H,6-9H2,1H3;1-2H3. The first-order valence-corrected chi connectivity index (χ1v) is 6.00. The molecular weight excluding hydrogens is 200 g/mol. The van der Waals surface area contributed by atoms with Crippen molar-refractivity contribution in [1.82, 2.24) is 0 Å². The monoisotopic (exact) mass is 222 g/mol. The highest BCUT2D eigenvalue weighted by Gasteiger charge is 2.10. The summed E-state index contributed by atoms with van der Waals surface area (Å²) < 4.78 is 5.31. The van der Waals surface area contributed by atoms with E-state index in [4.69, 9.17) is 4.74 Å². The van der Waals surface area contributed by atoms with Crippen molar-refractivity contribution in [2.75, 3.05) is 43.6 Å². The number of benzene rings is 1. The number of anilines is 2. The molecule has 1 saturated heterocycles. The van der Waals surface area contributed by atoms with Crippen molar-refractivity contribution in [1.29, 1.82) is 0 Å². The minimum atomic E-state index is 0.841. The largest absolute Gasteiger partial charge is 0.388 e. The highest BCUT2D eigenvalue weighted by Crippen LogP contribution is 2.18. The highest BCUT2D eigenvalue weighted by atomic mass is 16.5. The Bertz CT molecular complexity index is 278. The molecule has 0 aliphatic carbocycles. The van der Waals surface area contributed by atoms with Crippen LogP contribution < -0.4 is 10.2 Å². The van der Waals surface area contributed by atoms with Crippen LogP contribution in [0.5, 0.6) is 0 Å². The number of rotatable bonds is 2. The summed E-state index contributed by atoms with van der Waals surface area (Å²) in [5.41, 5.74) is 2.44. The molecule has 16 heavy (non-hydrogen) atoms. The van der Waals surface area contributed by atoms with Crippen molar-refractivity contribution in [2.45, 2.75) is 13.8 Å². The number of hydrogen-bond acceptors (Lipinski definition) is 3. The van der Waals surface area contributed by atoms with Gasteiger partial charge in [0.2, 0.25) is 0 Å². The third-order valence-corrected chi connectivity index (χ3v) is 2.53. The molecule has 3 nitrogen and oxygen atoms in total. The van der Waals surface area contributed by atoms with Crippen LogP contribution in [0.15, 0.2) is 24.3 Å². The average molecular weight is 222 g/mol. The van der Waals surface area contributed by atoms with Crippen LogP contribution in [-0.4, -0.2) is 33.4 Å². The molecule has 1 N–H and O–H groups in total. The van der Waals surface area contributed by atoms with Gasteiger partial charge < -0.3 is 15.0 Å². The second kappa shape index (κ2) is 7.12. The van der Waals surface area contributed by atoms with Crippen molar-refractivity contribution in [3.63, 3.8) is 0 Å². The second-order valence-electron chi connectivity index (χ2n) is 3.40. The first-order chi connectivity index (χ1) is 7.90. The normalized spacial score (nSPS) is 15.1. The summed E-state index contributed by atoms with van der Waals surface area (Å²) in [7, 11) is 1.93. The van der Waals surface area contributed by atoms with Crippen molar-refractivity contribution < 1.29 is 4.74 Å². The SMILES string of the molecule is CC.CNc1ccc(N2CCOCC2)cc1. The van der Waals surface area contributed by atoms with Crippen LogP contribution in [0.2, 0.25) is 0 Å². The summed E-state index contributed by atoms with van der Waals surface area (Å²) in [5, 5.41) is 3.11. The van der Waals surface area contributed by atoms with Crippen molar-refractivity contribution >= 4 is 11.4 Å². The number of nitrogens with zero attached hydrogens (tertiary/aromatic N) is 1. The first-order valence-electron chi connectivity index (χ1n) is 6.00. The van der Waals surface area contributed by atoms with Gasteiger partial charge in [0.15, 0.2) is 0 Å². The van der Waals surface area contributed by atoms with Crippen molar-refractivity contribution in [2.24, 2.45) is 0 Å². The molecule has 0 unspecified atom stereocenters. The van der Waals surface area contributed by atoms with Gasteiger partial charge in [-0.1, -0.05) is 13.8 Å². The molecule has 0 atom stereocenters. The fraction of sp³-hybridized carbons (Fsp3) is 0.538. The van der Waals surface area contributed by atoms with Gasteiger partial charge in [-0.15, -0.1) is 0 Å². The molecule has 0 bridgehead atoms. The van der Waals surface area contributed by atoms with Crippen LogP contribution in [0, 0.1) is 0 Å². The van der Waals surface area contributed by atoms with E-state index in [1.54, 1.807) is 0 Å². The van der Waals surface area contributed by atoms with Gasteiger partial charge in [0.25, 0.3) is 0 Å². The molecule has 3 heteroatoms. The molecule has 1 heterocycles. The maximum atomic E-state index is 5.31.